The van der Waals surface area contributed by atoms with Crippen LogP contribution in [0.2, 0.25) is 0 Å². The van der Waals surface area contributed by atoms with Gasteiger partial charge in [-0.05, 0) is 0 Å². The molecule has 2 bridgehead atoms. The Kier molecular flexibility index (Phi) is 1.06. The van der Waals surface area contributed by atoms with Crippen LogP contribution in [0.4, 0.5) is 13.2 Å². The van der Waals surface area contributed by atoms with Gasteiger partial charge < -0.3 is 0 Å². The van der Waals surface area contributed by atoms with Crippen LogP contribution in [0.5, 0.6) is 0 Å². The van der Waals surface area contributed by atoms with E-state index in [0.29, 0.717) is 0 Å². The lowest BCUT2D eigenvalue weighted by molar-refractivity contribution is -0.164. The van der Waals surface area contributed by atoms with Crippen molar-refractivity contribution < 1.29 is 13.2 Å². The summed E-state index contributed by atoms with van der Waals surface area (Å²) in [5.74, 6) is 0. The van der Waals surface area contributed by atoms with Gasteiger partial charge in [0, 0.05) is 6.04 Å². The summed E-state index contributed by atoms with van der Waals surface area (Å²) in [6.07, 6.45) is 1.15. The Hall–Kier alpha value is -0.770. The van der Waals surface area contributed by atoms with Crippen molar-refractivity contribution in [3.63, 3.8) is 0 Å². The Morgan fingerprint density at radius 2 is 1.73 bits per heavy atom. The van der Waals surface area contributed by atoms with E-state index >= 15 is 0 Å². The molecule has 1 N–H and O–H groups in total. The summed E-state index contributed by atoms with van der Waals surface area (Å²) < 4.78 is 36.8. The molecule has 0 saturated carbocycles. The fourth-order valence-electron chi connectivity index (χ4n) is 1.37. The van der Waals surface area contributed by atoms with Crippen LogP contribution in [-0.4, -0.2) is 17.8 Å². The van der Waals surface area contributed by atoms with Gasteiger partial charge in [0.25, 0.3) is 0 Å². The van der Waals surface area contributed by atoms with Crippen molar-refractivity contribution in [1.29, 1.82) is 0 Å². The van der Waals surface area contributed by atoms with Gasteiger partial charge in [-0.25, -0.2) is 0 Å². The first-order chi connectivity index (χ1) is 5.04. The van der Waals surface area contributed by atoms with Crippen LogP contribution in [-0.2, 0) is 0 Å². The number of hydrogen-bond acceptors (Lipinski definition) is 1. The lowest BCUT2D eigenvalue weighted by atomic mass is 10.00. The van der Waals surface area contributed by atoms with Crippen LogP contribution in [0.1, 0.15) is 0 Å². The number of nitrogens with one attached hydrogen (secondary N) is 1. The number of hydrogen-bond donors (Lipinski definition) is 1. The van der Waals surface area contributed by atoms with Crippen LogP contribution >= 0.6 is 0 Å². The van der Waals surface area contributed by atoms with Gasteiger partial charge in [0.1, 0.15) is 0 Å². The molecule has 2 rings (SSSR count). The fraction of sp³-hybridized carbons (Fsp3) is 0.429. The first-order valence-corrected chi connectivity index (χ1v) is 3.27. The molecule has 2 aliphatic heterocycles. The maximum Gasteiger partial charge on any atom is 0.413 e. The molecule has 0 amide bonds. The molecular weight excluding hydrogens is 155 g/mol. The van der Waals surface area contributed by atoms with E-state index in [1.54, 1.807) is 0 Å². The summed E-state index contributed by atoms with van der Waals surface area (Å²) in [5.41, 5.74) is -1.86. The fourth-order valence-corrected chi connectivity index (χ4v) is 1.37. The molecule has 0 aromatic heterocycles. The summed E-state index contributed by atoms with van der Waals surface area (Å²) in [4.78, 5) is 0. The van der Waals surface area contributed by atoms with Gasteiger partial charge in [0.2, 0.25) is 0 Å². The zero-order valence-corrected chi connectivity index (χ0v) is 5.52. The second kappa shape index (κ2) is 1.69. The molecule has 2 heterocycles. The molecule has 0 spiro atoms. The van der Waals surface area contributed by atoms with Crippen LogP contribution < -0.4 is 5.32 Å². The monoisotopic (exact) mass is 161 g/mol. The highest BCUT2D eigenvalue weighted by atomic mass is 19.4. The second-order valence-corrected chi connectivity index (χ2v) is 2.76. The molecule has 0 fully saturated rings. The van der Waals surface area contributed by atoms with Crippen molar-refractivity contribution in [2.45, 2.75) is 17.8 Å². The largest absolute Gasteiger partial charge is 0.413 e. The van der Waals surface area contributed by atoms with Crippen LogP contribution in [0.15, 0.2) is 24.3 Å². The van der Waals surface area contributed by atoms with Crippen molar-refractivity contribution in [2.24, 2.45) is 0 Å². The van der Waals surface area contributed by atoms with Crippen LogP contribution in [0.25, 0.3) is 0 Å². The molecule has 0 aromatic carbocycles. The lowest BCUT2D eigenvalue weighted by Gasteiger charge is -2.24. The first kappa shape index (κ1) is 6.91. The molecule has 0 aliphatic carbocycles. The third-order valence-electron chi connectivity index (χ3n) is 2.01. The van der Waals surface area contributed by atoms with Crippen LogP contribution in [0.3, 0.4) is 0 Å². The number of fused-ring (bicyclic) bond motifs is 2. The smallest absolute Gasteiger partial charge is 0.287 e. The Morgan fingerprint density at radius 3 is 1.91 bits per heavy atom. The molecule has 0 aromatic rings. The molecule has 0 radical (unpaired) electrons. The van der Waals surface area contributed by atoms with Crippen molar-refractivity contribution in [3.8, 4) is 0 Å². The quantitative estimate of drug-likeness (QED) is 0.529. The van der Waals surface area contributed by atoms with E-state index < -0.39 is 11.7 Å². The van der Waals surface area contributed by atoms with Crippen LogP contribution in [0, 0.1) is 0 Å². The molecular formula is C7H6F3N. The molecule has 4 heteroatoms. The summed E-state index contributed by atoms with van der Waals surface area (Å²) >= 11 is 0. The average Bonchev–Trinajstić information content (AvgIpc) is 2.42. The van der Waals surface area contributed by atoms with Crippen molar-refractivity contribution in [2.75, 3.05) is 0 Å². The average molecular weight is 161 g/mol. The van der Waals surface area contributed by atoms with Gasteiger partial charge in [-0.1, -0.05) is 24.3 Å². The highest BCUT2D eigenvalue weighted by Crippen LogP contribution is 2.39. The van der Waals surface area contributed by atoms with Gasteiger partial charge in [0.05, 0.1) is 0 Å². The van der Waals surface area contributed by atoms with E-state index in [1.807, 2.05) is 0 Å². The third-order valence-corrected chi connectivity index (χ3v) is 2.01. The maximum absolute atomic E-state index is 12.3. The highest BCUT2D eigenvalue weighted by Gasteiger charge is 2.56. The van der Waals surface area contributed by atoms with E-state index in [-0.39, 0.29) is 6.04 Å². The zero-order valence-electron chi connectivity index (χ0n) is 5.52. The van der Waals surface area contributed by atoms with E-state index in [9.17, 15) is 13.2 Å². The van der Waals surface area contributed by atoms with E-state index in [4.69, 9.17) is 0 Å². The second-order valence-electron chi connectivity index (χ2n) is 2.76. The van der Waals surface area contributed by atoms with Crippen molar-refractivity contribution in [3.05, 3.63) is 24.3 Å². The molecule has 0 atom stereocenters. The Morgan fingerprint density at radius 1 is 1.18 bits per heavy atom. The van der Waals surface area contributed by atoms with Gasteiger partial charge in [-0.3, -0.25) is 5.32 Å². The summed E-state index contributed by atoms with van der Waals surface area (Å²) in [6.45, 7) is 0. The topological polar surface area (TPSA) is 12.0 Å². The van der Waals surface area contributed by atoms with Gasteiger partial charge >= 0.3 is 6.18 Å². The molecule has 60 valence electrons. The Bertz CT molecular complexity index is 225. The minimum atomic E-state index is -4.22. The molecule has 0 saturated heterocycles. The SMILES string of the molecule is FC(F)(F)C12C=CC(C=C1)N2. The highest BCUT2D eigenvalue weighted by molar-refractivity contribution is 5.38. The minimum Gasteiger partial charge on any atom is -0.287 e. The Labute approximate surface area is 61.6 Å². The standard InChI is InChI=1S/C7H6F3N/c8-7(9,10)6-3-1-5(11-6)2-4-6/h1-5,11H. The number of halogens is 3. The number of alkyl halides is 3. The summed E-state index contributed by atoms with van der Waals surface area (Å²) in [7, 11) is 0. The molecule has 1 nitrogen and oxygen atoms in total. The van der Waals surface area contributed by atoms with Gasteiger partial charge in [0.15, 0.2) is 5.54 Å². The normalized spacial score (nSPS) is 40.5. The summed E-state index contributed by atoms with van der Waals surface area (Å²) in [6, 6.07) is -0.225. The predicted octanol–water partition coefficient (Wildman–Crippen LogP) is 1.39. The number of rotatable bonds is 0. The predicted molar refractivity (Wildman–Crippen MR) is 34.0 cm³/mol. The summed E-state index contributed by atoms with van der Waals surface area (Å²) in [5, 5.41) is 2.43. The van der Waals surface area contributed by atoms with Crippen molar-refractivity contribution >= 4 is 0 Å². The van der Waals surface area contributed by atoms with Gasteiger partial charge in [-0.15, -0.1) is 0 Å². The van der Waals surface area contributed by atoms with E-state index in [0.717, 1.165) is 12.2 Å². The minimum absolute atomic E-state index is 0.225. The Balaban J connectivity index is 2.38. The molecule has 2 aliphatic rings. The van der Waals surface area contributed by atoms with E-state index in [2.05, 4.69) is 5.32 Å². The first-order valence-electron chi connectivity index (χ1n) is 3.27. The zero-order chi connectivity index (χ0) is 8.11. The lowest BCUT2D eigenvalue weighted by Crippen LogP contribution is -2.50. The van der Waals surface area contributed by atoms with E-state index in [1.165, 1.54) is 12.2 Å². The maximum atomic E-state index is 12.3. The third kappa shape index (κ3) is 0.758. The molecule has 0 unspecified atom stereocenters. The van der Waals surface area contributed by atoms with Gasteiger partial charge in [-0.2, -0.15) is 13.2 Å². The molecule has 11 heavy (non-hydrogen) atoms. The van der Waals surface area contributed by atoms with Crippen molar-refractivity contribution in [1.82, 2.24) is 5.32 Å².